The molecule has 0 amide bonds. The summed E-state index contributed by atoms with van der Waals surface area (Å²) in [6.45, 7) is 3.09. The molecule has 7 heteroatoms. The molecule has 0 spiro atoms. The van der Waals surface area contributed by atoms with Gasteiger partial charge in [-0.05, 0) is 26.0 Å². The van der Waals surface area contributed by atoms with Crippen LogP contribution in [0.2, 0.25) is 0 Å². The molecule has 0 saturated carbocycles. The second kappa shape index (κ2) is 6.43. The smallest absolute Gasteiger partial charge is 0.217 e. The minimum atomic E-state index is -3.49. The fraction of sp³-hybridized carbons (Fsp3) is 0.538. The monoisotopic (exact) mass is 302 g/mol. The molecule has 114 valence electrons. The fourth-order valence-corrected chi connectivity index (χ4v) is 2.86. The van der Waals surface area contributed by atoms with Crippen molar-refractivity contribution in [1.82, 2.24) is 4.31 Å². The maximum atomic E-state index is 12.1. The Bertz CT molecular complexity index is 543. The number of nitrogens with two attached hydrogens (primary N) is 1. The highest BCUT2D eigenvalue weighted by atomic mass is 32.2. The average molecular weight is 302 g/mol. The highest BCUT2D eigenvalue weighted by molar-refractivity contribution is 7.89. The van der Waals surface area contributed by atoms with Crippen molar-refractivity contribution in [1.29, 1.82) is 0 Å². The Morgan fingerprint density at radius 2 is 2.05 bits per heavy atom. The number of hydrogen-bond acceptors (Lipinski definition) is 5. The lowest BCUT2D eigenvalue weighted by atomic mass is 10.1. The molecule has 0 bridgehead atoms. The summed E-state index contributed by atoms with van der Waals surface area (Å²) in [5.41, 5.74) is 5.33. The number of anilines is 1. The predicted octanol–water partition coefficient (Wildman–Crippen LogP) is 0.680. The summed E-state index contributed by atoms with van der Waals surface area (Å²) in [7, 11) is -2.04. The molecule has 0 unspecified atom stereocenters. The molecule has 3 N–H and O–H groups in total. The van der Waals surface area contributed by atoms with E-state index in [9.17, 15) is 13.5 Å². The molecule has 0 aliphatic carbocycles. The minimum Gasteiger partial charge on any atom is -0.492 e. The molecule has 0 fully saturated rings. The molecule has 0 aromatic heterocycles. The molecule has 0 heterocycles. The van der Waals surface area contributed by atoms with Gasteiger partial charge in [0.1, 0.15) is 12.4 Å². The lowest BCUT2D eigenvalue weighted by Gasteiger charge is -2.32. The maximum Gasteiger partial charge on any atom is 0.217 e. The normalized spacial score (nSPS) is 12.7. The third kappa shape index (κ3) is 4.36. The average Bonchev–Trinajstić information content (AvgIpc) is 2.37. The van der Waals surface area contributed by atoms with Gasteiger partial charge in [0.15, 0.2) is 0 Å². The van der Waals surface area contributed by atoms with Crippen molar-refractivity contribution in [2.75, 3.05) is 31.7 Å². The Kier molecular flexibility index (Phi) is 5.38. The van der Waals surface area contributed by atoms with E-state index in [1.807, 2.05) is 0 Å². The van der Waals surface area contributed by atoms with Crippen LogP contribution in [0.15, 0.2) is 24.3 Å². The molecule has 0 aliphatic rings. The van der Waals surface area contributed by atoms with E-state index in [1.54, 1.807) is 38.1 Å². The number of rotatable bonds is 7. The molecule has 0 aliphatic heterocycles. The zero-order valence-electron chi connectivity index (χ0n) is 12.0. The van der Waals surface area contributed by atoms with Gasteiger partial charge in [0.2, 0.25) is 10.0 Å². The van der Waals surface area contributed by atoms with E-state index < -0.39 is 15.6 Å². The van der Waals surface area contributed by atoms with E-state index >= 15 is 0 Å². The number of ether oxygens (including phenoxy) is 1. The standard InChI is InChI=1S/C13H22N2O4S/c1-13(2,10-16)15(3)20(17,18)8-7-19-12-6-4-5-11(14)9-12/h4-6,9,16H,7-8,10,14H2,1-3H3. The van der Waals surface area contributed by atoms with Crippen LogP contribution in [-0.4, -0.2) is 49.4 Å². The van der Waals surface area contributed by atoms with Crippen LogP contribution in [0.5, 0.6) is 5.75 Å². The van der Waals surface area contributed by atoms with Gasteiger partial charge >= 0.3 is 0 Å². The third-order valence-electron chi connectivity index (χ3n) is 3.12. The first-order valence-electron chi connectivity index (χ1n) is 6.25. The number of nitrogens with zero attached hydrogens (tertiary/aromatic N) is 1. The highest BCUT2D eigenvalue weighted by Gasteiger charge is 2.32. The molecule has 0 radical (unpaired) electrons. The molecular weight excluding hydrogens is 280 g/mol. The molecule has 6 nitrogen and oxygen atoms in total. The fourth-order valence-electron chi connectivity index (χ4n) is 1.48. The van der Waals surface area contributed by atoms with Gasteiger partial charge in [-0.3, -0.25) is 0 Å². The summed E-state index contributed by atoms with van der Waals surface area (Å²) in [5.74, 6) is 0.367. The van der Waals surface area contributed by atoms with E-state index in [0.29, 0.717) is 11.4 Å². The van der Waals surface area contributed by atoms with Crippen molar-refractivity contribution in [2.45, 2.75) is 19.4 Å². The molecule has 0 saturated heterocycles. The summed E-state index contributed by atoms with van der Waals surface area (Å²) in [4.78, 5) is 0. The Labute approximate surface area is 120 Å². The number of likely N-dealkylation sites (N-methyl/N-ethyl adjacent to an activating group) is 1. The van der Waals surface area contributed by atoms with Crippen molar-refractivity contribution in [2.24, 2.45) is 0 Å². The molecule has 1 rings (SSSR count). The Morgan fingerprint density at radius 3 is 2.60 bits per heavy atom. The first kappa shape index (κ1) is 16.7. The number of aliphatic hydroxyl groups excluding tert-OH is 1. The number of hydrogen-bond donors (Lipinski definition) is 2. The van der Waals surface area contributed by atoms with E-state index in [4.69, 9.17) is 10.5 Å². The maximum absolute atomic E-state index is 12.1. The van der Waals surface area contributed by atoms with Crippen LogP contribution < -0.4 is 10.5 Å². The van der Waals surface area contributed by atoms with E-state index in [2.05, 4.69) is 0 Å². The quantitative estimate of drug-likeness (QED) is 0.723. The van der Waals surface area contributed by atoms with Crippen molar-refractivity contribution < 1.29 is 18.3 Å². The minimum absolute atomic E-state index is 0.0254. The Balaban J connectivity index is 2.60. The van der Waals surface area contributed by atoms with Gasteiger partial charge in [-0.1, -0.05) is 6.07 Å². The van der Waals surface area contributed by atoms with Crippen LogP contribution in [0, 0.1) is 0 Å². The zero-order valence-corrected chi connectivity index (χ0v) is 12.9. The number of sulfonamides is 1. The van der Waals surface area contributed by atoms with Gasteiger partial charge in [-0.25, -0.2) is 8.42 Å². The van der Waals surface area contributed by atoms with Crippen molar-refractivity contribution in [3.05, 3.63) is 24.3 Å². The molecule has 20 heavy (non-hydrogen) atoms. The summed E-state index contributed by atoms with van der Waals surface area (Å²) in [5, 5.41) is 9.21. The SMILES string of the molecule is CN(C(C)(C)CO)S(=O)(=O)CCOc1cccc(N)c1. The van der Waals surface area contributed by atoms with Gasteiger partial charge < -0.3 is 15.6 Å². The Hall–Kier alpha value is -1.31. The van der Waals surface area contributed by atoms with Gasteiger partial charge in [-0.2, -0.15) is 4.31 Å². The number of nitrogen functional groups attached to an aromatic ring is 1. The van der Waals surface area contributed by atoms with Crippen LogP contribution >= 0.6 is 0 Å². The van der Waals surface area contributed by atoms with E-state index in [0.717, 1.165) is 0 Å². The van der Waals surface area contributed by atoms with Gasteiger partial charge in [0, 0.05) is 18.8 Å². The largest absolute Gasteiger partial charge is 0.492 e. The first-order chi connectivity index (χ1) is 9.19. The molecular formula is C13H22N2O4S. The second-order valence-electron chi connectivity index (χ2n) is 5.18. The molecule has 0 atom stereocenters. The van der Waals surface area contributed by atoms with Crippen LogP contribution in [0.25, 0.3) is 0 Å². The molecule has 1 aromatic rings. The Morgan fingerprint density at radius 1 is 1.40 bits per heavy atom. The van der Waals surface area contributed by atoms with Crippen molar-refractivity contribution in [3.8, 4) is 5.75 Å². The van der Waals surface area contributed by atoms with Gasteiger partial charge in [0.25, 0.3) is 0 Å². The van der Waals surface area contributed by atoms with Crippen LogP contribution in [-0.2, 0) is 10.0 Å². The summed E-state index contributed by atoms with van der Waals surface area (Å²) < 4.78 is 30.7. The summed E-state index contributed by atoms with van der Waals surface area (Å²) in [6, 6.07) is 6.81. The summed E-state index contributed by atoms with van der Waals surface area (Å²) in [6.07, 6.45) is 0. The highest BCUT2D eigenvalue weighted by Crippen LogP contribution is 2.17. The third-order valence-corrected chi connectivity index (χ3v) is 5.14. The van der Waals surface area contributed by atoms with Gasteiger partial charge in [0.05, 0.1) is 17.9 Å². The lowest BCUT2D eigenvalue weighted by molar-refractivity contribution is 0.137. The summed E-state index contributed by atoms with van der Waals surface area (Å²) >= 11 is 0. The van der Waals surface area contributed by atoms with Crippen LogP contribution in [0.4, 0.5) is 5.69 Å². The zero-order chi connectivity index (χ0) is 15.4. The second-order valence-corrected chi connectivity index (χ2v) is 7.29. The van der Waals surface area contributed by atoms with Crippen molar-refractivity contribution in [3.63, 3.8) is 0 Å². The topological polar surface area (TPSA) is 92.9 Å². The van der Waals surface area contributed by atoms with E-state index in [-0.39, 0.29) is 19.0 Å². The number of benzene rings is 1. The van der Waals surface area contributed by atoms with Gasteiger partial charge in [-0.15, -0.1) is 0 Å². The molecule has 1 aromatic carbocycles. The van der Waals surface area contributed by atoms with E-state index in [1.165, 1.54) is 11.4 Å². The predicted molar refractivity (Wildman–Crippen MR) is 79.1 cm³/mol. The number of aliphatic hydroxyl groups is 1. The first-order valence-corrected chi connectivity index (χ1v) is 7.86. The van der Waals surface area contributed by atoms with Crippen LogP contribution in [0.1, 0.15) is 13.8 Å². The van der Waals surface area contributed by atoms with Crippen molar-refractivity contribution >= 4 is 15.7 Å². The lowest BCUT2D eigenvalue weighted by Crippen LogP contribution is -2.48. The van der Waals surface area contributed by atoms with Crippen LogP contribution in [0.3, 0.4) is 0 Å².